The van der Waals surface area contributed by atoms with Crippen LogP contribution in [-0.2, 0) is 9.59 Å². The topological polar surface area (TPSA) is 66.4 Å². The molecule has 0 aliphatic rings. The normalized spacial score (nSPS) is 15.2. The molecule has 2 N–H and O–H groups in total. The van der Waals surface area contributed by atoms with Crippen molar-refractivity contribution in [3.63, 3.8) is 0 Å². The maximum atomic E-state index is 12.0. The van der Waals surface area contributed by atoms with Crippen molar-refractivity contribution in [3.8, 4) is 0 Å². The van der Waals surface area contributed by atoms with Crippen molar-refractivity contribution in [3.05, 3.63) is 35.9 Å². The quantitative estimate of drug-likeness (QED) is 0.805. The van der Waals surface area contributed by atoms with Crippen molar-refractivity contribution >= 4 is 11.9 Å². The van der Waals surface area contributed by atoms with Gasteiger partial charge in [0.25, 0.3) is 0 Å². The van der Waals surface area contributed by atoms with Gasteiger partial charge in [0, 0.05) is 6.42 Å². The molecule has 0 fully saturated rings. The molecule has 1 aromatic rings. The predicted octanol–water partition coefficient (Wildman–Crippen LogP) is 2.80. The van der Waals surface area contributed by atoms with Crippen LogP contribution >= 0.6 is 0 Å². The first-order valence-corrected chi connectivity index (χ1v) is 7.02. The number of hydrogen-bond donors (Lipinski definition) is 2. The molecule has 3 atom stereocenters. The molecule has 1 aromatic carbocycles. The third-order valence-electron chi connectivity index (χ3n) is 3.66. The number of amides is 1. The molecule has 4 heteroatoms. The average Bonchev–Trinajstić information content (AvgIpc) is 2.44. The molecule has 0 aliphatic carbocycles. The second-order valence-corrected chi connectivity index (χ2v) is 5.28. The van der Waals surface area contributed by atoms with E-state index in [0.29, 0.717) is 12.8 Å². The average molecular weight is 277 g/mol. The number of rotatable bonds is 7. The summed E-state index contributed by atoms with van der Waals surface area (Å²) in [5.41, 5.74) is 1.08. The van der Waals surface area contributed by atoms with Gasteiger partial charge in [-0.15, -0.1) is 0 Å². The standard InChI is InChI=1S/C16H23NO3/c1-4-11(2)15(16(19)20)17-14(18)10-12(3)13-8-6-5-7-9-13/h5-9,11-12,15H,4,10H2,1-3H3,(H,17,18)(H,19,20). The summed E-state index contributed by atoms with van der Waals surface area (Å²) < 4.78 is 0. The summed E-state index contributed by atoms with van der Waals surface area (Å²) >= 11 is 0. The smallest absolute Gasteiger partial charge is 0.326 e. The van der Waals surface area contributed by atoms with Crippen LogP contribution in [-0.4, -0.2) is 23.0 Å². The maximum absolute atomic E-state index is 12.0. The lowest BCUT2D eigenvalue weighted by atomic mass is 9.96. The van der Waals surface area contributed by atoms with Crippen molar-refractivity contribution in [2.75, 3.05) is 0 Å². The van der Waals surface area contributed by atoms with Crippen LogP contribution < -0.4 is 5.32 Å². The Balaban J connectivity index is 2.60. The molecule has 0 saturated heterocycles. The minimum absolute atomic E-state index is 0.0718. The molecule has 0 aromatic heterocycles. The molecular weight excluding hydrogens is 254 g/mol. The van der Waals surface area contributed by atoms with Crippen LogP contribution in [0, 0.1) is 5.92 Å². The zero-order chi connectivity index (χ0) is 15.1. The molecule has 20 heavy (non-hydrogen) atoms. The fraction of sp³-hybridized carbons (Fsp3) is 0.500. The largest absolute Gasteiger partial charge is 0.480 e. The number of aliphatic carboxylic acids is 1. The van der Waals surface area contributed by atoms with E-state index in [-0.39, 0.29) is 17.7 Å². The first-order chi connectivity index (χ1) is 9.45. The third kappa shape index (κ3) is 4.68. The highest BCUT2D eigenvalue weighted by molar-refractivity contribution is 5.84. The van der Waals surface area contributed by atoms with E-state index < -0.39 is 12.0 Å². The molecule has 0 saturated carbocycles. The van der Waals surface area contributed by atoms with E-state index in [1.54, 1.807) is 0 Å². The Labute approximate surface area is 120 Å². The van der Waals surface area contributed by atoms with E-state index in [9.17, 15) is 9.59 Å². The van der Waals surface area contributed by atoms with Gasteiger partial charge in [-0.1, -0.05) is 57.5 Å². The summed E-state index contributed by atoms with van der Waals surface area (Å²) in [6.07, 6.45) is 1.01. The van der Waals surface area contributed by atoms with Gasteiger partial charge in [-0.3, -0.25) is 4.79 Å². The summed E-state index contributed by atoms with van der Waals surface area (Å²) in [5.74, 6) is -1.19. The molecule has 0 aliphatic heterocycles. The molecule has 0 radical (unpaired) electrons. The van der Waals surface area contributed by atoms with Crippen LogP contribution in [0.25, 0.3) is 0 Å². The summed E-state index contributed by atoms with van der Waals surface area (Å²) in [6, 6.07) is 8.93. The van der Waals surface area contributed by atoms with E-state index in [1.807, 2.05) is 51.1 Å². The number of nitrogens with one attached hydrogen (secondary N) is 1. The predicted molar refractivity (Wildman–Crippen MR) is 78.5 cm³/mol. The lowest BCUT2D eigenvalue weighted by Crippen LogP contribution is -2.45. The number of hydrogen-bond acceptors (Lipinski definition) is 2. The number of benzene rings is 1. The Bertz CT molecular complexity index is 444. The molecule has 1 amide bonds. The molecule has 3 unspecified atom stereocenters. The Kier molecular flexibility index (Phi) is 6.22. The first kappa shape index (κ1) is 16.2. The van der Waals surface area contributed by atoms with E-state index in [0.717, 1.165) is 5.56 Å². The number of carbonyl (C=O) groups is 2. The Hall–Kier alpha value is -1.84. The van der Waals surface area contributed by atoms with Gasteiger partial charge in [-0.05, 0) is 17.4 Å². The van der Waals surface area contributed by atoms with Crippen molar-refractivity contribution in [1.82, 2.24) is 5.32 Å². The van der Waals surface area contributed by atoms with Gasteiger partial charge in [0.2, 0.25) is 5.91 Å². The SMILES string of the molecule is CCC(C)C(NC(=O)CC(C)c1ccccc1)C(=O)O. The van der Waals surface area contributed by atoms with Gasteiger partial charge in [0.1, 0.15) is 6.04 Å². The minimum Gasteiger partial charge on any atom is -0.480 e. The molecule has 0 spiro atoms. The summed E-state index contributed by atoms with van der Waals surface area (Å²) in [4.78, 5) is 23.2. The zero-order valence-corrected chi connectivity index (χ0v) is 12.3. The van der Waals surface area contributed by atoms with Crippen LogP contribution in [0.3, 0.4) is 0 Å². The van der Waals surface area contributed by atoms with Crippen LogP contribution in [0.15, 0.2) is 30.3 Å². The Morgan fingerprint density at radius 2 is 1.80 bits per heavy atom. The van der Waals surface area contributed by atoms with Gasteiger partial charge < -0.3 is 10.4 Å². The second kappa shape index (κ2) is 7.68. The van der Waals surface area contributed by atoms with E-state index in [4.69, 9.17) is 5.11 Å². The molecule has 1 rings (SSSR count). The summed E-state index contributed by atoms with van der Waals surface area (Å²) in [5, 5.41) is 11.8. The monoisotopic (exact) mass is 277 g/mol. The molecule has 0 bridgehead atoms. The van der Waals surface area contributed by atoms with Gasteiger partial charge in [-0.25, -0.2) is 4.79 Å². The molecule has 4 nitrogen and oxygen atoms in total. The van der Waals surface area contributed by atoms with Crippen LogP contribution in [0.5, 0.6) is 0 Å². The third-order valence-corrected chi connectivity index (χ3v) is 3.66. The molecular formula is C16H23NO3. The Morgan fingerprint density at radius 3 is 2.30 bits per heavy atom. The highest BCUT2D eigenvalue weighted by Crippen LogP contribution is 2.18. The van der Waals surface area contributed by atoms with Crippen molar-refractivity contribution in [2.45, 2.75) is 45.6 Å². The maximum Gasteiger partial charge on any atom is 0.326 e. The first-order valence-electron chi connectivity index (χ1n) is 7.02. The molecule has 110 valence electrons. The van der Waals surface area contributed by atoms with E-state index >= 15 is 0 Å². The van der Waals surface area contributed by atoms with Crippen LogP contribution in [0.2, 0.25) is 0 Å². The number of carboxylic acids is 1. The second-order valence-electron chi connectivity index (χ2n) is 5.28. The number of carbonyl (C=O) groups excluding carboxylic acids is 1. The summed E-state index contributed by atoms with van der Waals surface area (Å²) in [7, 11) is 0. The lowest BCUT2D eigenvalue weighted by molar-refractivity contribution is -0.143. The highest BCUT2D eigenvalue weighted by atomic mass is 16.4. The van der Waals surface area contributed by atoms with Crippen LogP contribution in [0.1, 0.15) is 45.1 Å². The van der Waals surface area contributed by atoms with Gasteiger partial charge in [-0.2, -0.15) is 0 Å². The fourth-order valence-electron chi connectivity index (χ4n) is 2.09. The van der Waals surface area contributed by atoms with Gasteiger partial charge in [0.15, 0.2) is 0 Å². The fourth-order valence-corrected chi connectivity index (χ4v) is 2.09. The van der Waals surface area contributed by atoms with Gasteiger partial charge >= 0.3 is 5.97 Å². The van der Waals surface area contributed by atoms with Crippen molar-refractivity contribution in [2.24, 2.45) is 5.92 Å². The highest BCUT2D eigenvalue weighted by Gasteiger charge is 2.25. The van der Waals surface area contributed by atoms with E-state index in [2.05, 4.69) is 5.32 Å². The minimum atomic E-state index is -0.972. The lowest BCUT2D eigenvalue weighted by Gasteiger charge is -2.21. The van der Waals surface area contributed by atoms with Crippen molar-refractivity contribution < 1.29 is 14.7 Å². The molecule has 0 heterocycles. The van der Waals surface area contributed by atoms with Crippen LogP contribution in [0.4, 0.5) is 0 Å². The zero-order valence-electron chi connectivity index (χ0n) is 12.3. The Morgan fingerprint density at radius 1 is 1.20 bits per heavy atom. The van der Waals surface area contributed by atoms with E-state index in [1.165, 1.54) is 0 Å². The number of carboxylic acid groups (broad SMARTS) is 1. The summed E-state index contributed by atoms with van der Waals surface area (Å²) in [6.45, 7) is 5.72. The van der Waals surface area contributed by atoms with Crippen molar-refractivity contribution in [1.29, 1.82) is 0 Å². The van der Waals surface area contributed by atoms with Gasteiger partial charge in [0.05, 0.1) is 0 Å².